The molecule has 0 fully saturated rings. The normalized spacial score (nSPS) is 10.6. The van der Waals surface area contributed by atoms with Gasteiger partial charge in [-0.3, -0.25) is 20.4 Å². The van der Waals surface area contributed by atoms with Gasteiger partial charge < -0.3 is 0 Å². The van der Waals surface area contributed by atoms with E-state index < -0.39 is 0 Å². The van der Waals surface area contributed by atoms with E-state index in [4.69, 9.17) is 0 Å². The van der Waals surface area contributed by atoms with Crippen LogP contribution in [0.1, 0.15) is 123 Å². The first kappa shape index (κ1) is 23.9. The van der Waals surface area contributed by atoms with Gasteiger partial charge in [-0.1, -0.05) is 104 Å². The molecule has 4 heteroatoms. The minimum absolute atomic E-state index is 0.0866. The van der Waals surface area contributed by atoms with Gasteiger partial charge in [0.2, 0.25) is 11.8 Å². The maximum atomic E-state index is 11.5. The number of amides is 2. The number of hydrazine groups is 1. The van der Waals surface area contributed by atoms with Crippen LogP contribution < -0.4 is 10.9 Å². The molecule has 2 N–H and O–H groups in total. The lowest BCUT2D eigenvalue weighted by Crippen LogP contribution is -2.41. The predicted molar refractivity (Wildman–Crippen MR) is 106 cm³/mol. The Labute approximate surface area is 155 Å². The fraction of sp³-hybridized carbons (Fsp3) is 0.905. The summed E-state index contributed by atoms with van der Waals surface area (Å²) in [5.74, 6) is -0.235. The van der Waals surface area contributed by atoms with Crippen molar-refractivity contribution >= 4 is 11.8 Å². The Balaban J connectivity index is 3.14. The summed E-state index contributed by atoms with van der Waals surface area (Å²) in [6.07, 6.45) is 20.7. The van der Waals surface area contributed by atoms with Crippen molar-refractivity contribution in [3.05, 3.63) is 0 Å². The van der Waals surface area contributed by atoms with E-state index in [0.717, 1.165) is 12.8 Å². The smallest absolute Gasteiger partial charge is 0.238 e. The van der Waals surface area contributed by atoms with Crippen LogP contribution in [0.25, 0.3) is 0 Å². The third-order valence-corrected chi connectivity index (χ3v) is 4.67. The van der Waals surface area contributed by atoms with Crippen LogP contribution >= 0.6 is 0 Å². The summed E-state index contributed by atoms with van der Waals surface area (Å²) in [6.45, 7) is 4.03. The Morgan fingerprint density at radius 2 is 0.880 bits per heavy atom. The van der Waals surface area contributed by atoms with E-state index in [1.807, 2.05) is 0 Å². The van der Waals surface area contributed by atoms with Gasteiger partial charge in [-0.2, -0.15) is 0 Å². The SMILES string of the molecule is CCCCCCCCCCCCCCCCCC(=O)NNC(=O)CC. The Morgan fingerprint density at radius 3 is 1.28 bits per heavy atom. The predicted octanol–water partition coefficient (Wildman–Crippen LogP) is 5.81. The summed E-state index contributed by atoms with van der Waals surface area (Å²) >= 11 is 0. The van der Waals surface area contributed by atoms with Crippen molar-refractivity contribution in [2.45, 2.75) is 123 Å². The monoisotopic (exact) mass is 354 g/mol. The van der Waals surface area contributed by atoms with Gasteiger partial charge in [-0.25, -0.2) is 0 Å². The lowest BCUT2D eigenvalue weighted by atomic mass is 10.0. The van der Waals surface area contributed by atoms with Crippen molar-refractivity contribution < 1.29 is 9.59 Å². The highest BCUT2D eigenvalue weighted by atomic mass is 16.2. The van der Waals surface area contributed by atoms with Crippen LogP contribution in [0, 0.1) is 0 Å². The van der Waals surface area contributed by atoms with Gasteiger partial charge in [-0.05, 0) is 6.42 Å². The third-order valence-electron chi connectivity index (χ3n) is 4.67. The van der Waals surface area contributed by atoms with Gasteiger partial charge in [0.15, 0.2) is 0 Å². The summed E-state index contributed by atoms with van der Waals surface area (Å²) in [4.78, 5) is 22.5. The molecule has 0 aliphatic carbocycles. The molecule has 0 aliphatic rings. The number of carbonyl (C=O) groups excluding carboxylic acids is 2. The van der Waals surface area contributed by atoms with Gasteiger partial charge in [-0.15, -0.1) is 0 Å². The quantitative estimate of drug-likeness (QED) is 0.256. The van der Waals surface area contributed by atoms with Crippen LogP contribution in [0.15, 0.2) is 0 Å². The first-order valence-corrected chi connectivity index (χ1v) is 10.8. The summed E-state index contributed by atoms with van der Waals surface area (Å²) in [6, 6.07) is 0. The fourth-order valence-electron chi connectivity index (χ4n) is 2.95. The first-order valence-electron chi connectivity index (χ1n) is 10.8. The Kier molecular flexibility index (Phi) is 18.5. The highest BCUT2D eigenvalue weighted by molar-refractivity contribution is 5.81. The molecule has 0 aromatic carbocycles. The third kappa shape index (κ3) is 19.1. The van der Waals surface area contributed by atoms with Crippen molar-refractivity contribution in [3.63, 3.8) is 0 Å². The van der Waals surface area contributed by atoms with Crippen LogP contribution in [-0.4, -0.2) is 11.8 Å². The molecule has 0 unspecified atom stereocenters. The summed E-state index contributed by atoms with van der Waals surface area (Å²) in [7, 11) is 0. The molecule has 0 aliphatic heterocycles. The Bertz CT molecular complexity index is 319. The van der Waals surface area contributed by atoms with Crippen molar-refractivity contribution in [1.29, 1.82) is 0 Å². The van der Waals surface area contributed by atoms with E-state index in [1.54, 1.807) is 6.92 Å². The van der Waals surface area contributed by atoms with E-state index in [9.17, 15) is 9.59 Å². The Morgan fingerprint density at radius 1 is 0.520 bits per heavy atom. The van der Waals surface area contributed by atoms with Crippen LogP contribution in [0.5, 0.6) is 0 Å². The van der Waals surface area contributed by atoms with Crippen molar-refractivity contribution in [3.8, 4) is 0 Å². The van der Waals surface area contributed by atoms with Gasteiger partial charge >= 0.3 is 0 Å². The number of hydrogen-bond acceptors (Lipinski definition) is 2. The molecule has 0 radical (unpaired) electrons. The summed E-state index contributed by atoms with van der Waals surface area (Å²) < 4.78 is 0. The number of carbonyl (C=O) groups is 2. The molecular weight excluding hydrogens is 312 g/mol. The lowest BCUT2D eigenvalue weighted by molar-refractivity contribution is -0.128. The van der Waals surface area contributed by atoms with Crippen LogP contribution in [0.2, 0.25) is 0 Å². The van der Waals surface area contributed by atoms with E-state index in [2.05, 4.69) is 17.8 Å². The van der Waals surface area contributed by atoms with Crippen LogP contribution in [0.4, 0.5) is 0 Å². The highest BCUT2D eigenvalue weighted by Crippen LogP contribution is 2.13. The fourth-order valence-corrected chi connectivity index (χ4v) is 2.95. The molecule has 0 spiro atoms. The van der Waals surface area contributed by atoms with Gasteiger partial charge in [0, 0.05) is 12.8 Å². The maximum Gasteiger partial charge on any atom is 0.238 e. The molecule has 4 nitrogen and oxygen atoms in total. The first-order chi connectivity index (χ1) is 12.2. The molecule has 0 aromatic rings. The molecule has 2 amide bonds. The number of nitrogens with one attached hydrogen (secondary N) is 2. The molecule has 0 saturated carbocycles. The van der Waals surface area contributed by atoms with E-state index in [-0.39, 0.29) is 11.8 Å². The standard InChI is InChI=1S/C21H42N2O2/c1-3-5-6-7-8-9-10-11-12-13-14-15-16-17-18-19-21(25)23-22-20(24)4-2/h3-19H2,1-2H3,(H,22,24)(H,23,25). The second-order valence-corrected chi connectivity index (χ2v) is 7.15. The maximum absolute atomic E-state index is 11.5. The van der Waals surface area contributed by atoms with Crippen molar-refractivity contribution in [1.82, 2.24) is 10.9 Å². The average Bonchev–Trinajstić information content (AvgIpc) is 2.62. The average molecular weight is 355 g/mol. The minimum atomic E-state index is -0.148. The zero-order chi connectivity index (χ0) is 18.6. The summed E-state index contributed by atoms with van der Waals surface area (Å²) in [5, 5.41) is 0. The van der Waals surface area contributed by atoms with E-state index in [0.29, 0.717) is 12.8 Å². The molecular formula is C21H42N2O2. The topological polar surface area (TPSA) is 58.2 Å². The second-order valence-electron chi connectivity index (χ2n) is 7.15. The van der Waals surface area contributed by atoms with Gasteiger partial charge in [0.25, 0.3) is 0 Å². The molecule has 0 bridgehead atoms. The molecule has 0 atom stereocenters. The number of unbranched alkanes of at least 4 members (excludes halogenated alkanes) is 14. The van der Waals surface area contributed by atoms with E-state index in [1.165, 1.54) is 83.5 Å². The molecule has 0 heterocycles. The second kappa shape index (κ2) is 19.3. The molecule has 148 valence electrons. The van der Waals surface area contributed by atoms with E-state index >= 15 is 0 Å². The zero-order valence-corrected chi connectivity index (χ0v) is 16.8. The molecule has 25 heavy (non-hydrogen) atoms. The van der Waals surface area contributed by atoms with Crippen LogP contribution in [-0.2, 0) is 9.59 Å². The Hall–Kier alpha value is -1.06. The van der Waals surface area contributed by atoms with Gasteiger partial charge in [0.1, 0.15) is 0 Å². The molecule has 0 saturated heterocycles. The molecule has 0 aromatic heterocycles. The van der Waals surface area contributed by atoms with Crippen molar-refractivity contribution in [2.75, 3.05) is 0 Å². The zero-order valence-electron chi connectivity index (χ0n) is 16.8. The lowest BCUT2D eigenvalue weighted by Gasteiger charge is -2.06. The molecule has 0 rings (SSSR count). The van der Waals surface area contributed by atoms with Gasteiger partial charge in [0.05, 0.1) is 0 Å². The van der Waals surface area contributed by atoms with Crippen LogP contribution in [0.3, 0.4) is 0 Å². The number of rotatable bonds is 17. The summed E-state index contributed by atoms with van der Waals surface area (Å²) in [5.41, 5.74) is 4.84. The van der Waals surface area contributed by atoms with Crippen molar-refractivity contribution in [2.24, 2.45) is 0 Å². The highest BCUT2D eigenvalue weighted by Gasteiger charge is 2.02. The number of hydrogen-bond donors (Lipinski definition) is 2. The minimum Gasteiger partial charge on any atom is -0.273 e. The largest absolute Gasteiger partial charge is 0.273 e.